The molecule has 1 unspecified atom stereocenters. The predicted molar refractivity (Wildman–Crippen MR) is 62.0 cm³/mol. The summed E-state index contributed by atoms with van der Waals surface area (Å²) in [5.41, 5.74) is 0.530. The molecule has 1 rings (SSSR count). The number of hydrogen-bond acceptors (Lipinski definition) is 3. The van der Waals surface area contributed by atoms with Crippen LogP contribution in [0.2, 0.25) is 0 Å². The lowest BCUT2D eigenvalue weighted by molar-refractivity contribution is 0.0793. The van der Waals surface area contributed by atoms with Crippen molar-refractivity contribution in [1.82, 2.24) is 14.9 Å². The quantitative estimate of drug-likeness (QED) is 0.784. The SMILES string of the molecule is CC(Br)CCN(C)C(=O)c1cncnc1. The van der Waals surface area contributed by atoms with Gasteiger partial charge in [0.15, 0.2) is 0 Å². The number of hydrogen-bond donors (Lipinski definition) is 0. The Morgan fingerprint density at radius 1 is 1.53 bits per heavy atom. The summed E-state index contributed by atoms with van der Waals surface area (Å²) in [5, 5.41) is 0. The summed E-state index contributed by atoms with van der Waals surface area (Å²) in [7, 11) is 1.78. The molecule has 1 aromatic heterocycles. The van der Waals surface area contributed by atoms with E-state index < -0.39 is 0 Å². The first-order valence-corrected chi connectivity index (χ1v) is 5.67. The standard InChI is InChI=1S/C10H14BrN3O/c1-8(11)3-4-14(2)10(15)9-5-12-7-13-6-9/h5-8H,3-4H2,1-2H3. The fourth-order valence-corrected chi connectivity index (χ4v) is 1.31. The molecular formula is C10H14BrN3O. The molecule has 0 saturated heterocycles. The van der Waals surface area contributed by atoms with Crippen LogP contribution in [-0.4, -0.2) is 39.2 Å². The normalized spacial score (nSPS) is 12.2. The van der Waals surface area contributed by atoms with E-state index in [0.717, 1.165) is 13.0 Å². The van der Waals surface area contributed by atoms with Gasteiger partial charge in [0.05, 0.1) is 5.56 Å². The number of rotatable bonds is 4. The van der Waals surface area contributed by atoms with Gasteiger partial charge in [0.25, 0.3) is 5.91 Å². The number of nitrogens with zero attached hydrogens (tertiary/aromatic N) is 3. The van der Waals surface area contributed by atoms with Gasteiger partial charge in [-0.05, 0) is 6.42 Å². The van der Waals surface area contributed by atoms with Crippen LogP contribution in [0, 0.1) is 0 Å². The van der Waals surface area contributed by atoms with Gasteiger partial charge in [-0.2, -0.15) is 0 Å². The van der Waals surface area contributed by atoms with Crippen molar-refractivity contribution >= 4 is 21.8 Å². The van der Waals surface area contributed by atoms with E-state index in [0.29, 0.717) is 10.4 Å². The van der Waals surface area contributed by atoms with E-state index in [4.69, 9.17) is 0 Å². The number of aromatic nitrogens is 2. The average molecular weight is 272 g/mol. The maximum Gasteiger partial charge on any atom is 0.256 e. The number of carbonyl (C=O) groups is 1. The summed E-state index contributed by atoms with van der Waals surface area (Å²) in [6.45, 7) is 2.78. The fourth-order valence-electron chi connectivity index (χ4n) is 1.10. The molecule has 0 aliphatic carbocycles. The molecule has 1 aromatic rings. The van der Waals surface area contributed by atoms with E-state index in [1.165, 1.54) is 18.7 Å². The van der Waals surface area contributed by atoms with Crippen LogP contribution in [-0.2, 0) is 0 Å². The van der Waals surface area contributed by atoms with Crippen LogP contribution in [0.5, 0.6) is 0 Å². The minimum absolute atomic E-state index is 0.0382. The second-order valence-corrected chi connectivity index (χ2v) is 4.99. The van der Waals surface area contributed by atoms with E-state index in [-0.39, 0.29) is 5.91 Å². The first kappa shape index (κ1) is 12.1. The van der Waals surface area contributed by atoms with Gasteiger partial charge in [-0.3, -0.25) is 4.79 Å². The summed E-state index contributed by atoms with van der Waals surface area (Å²) >= 11 is 3.45. The molecule has 0 fully saturated rings. The highest BCUT2D eigenvalue weighted by Gasteiger charge is 2.12. The Hall–Kier alpha value is -0.970. The minimum atomic E-state index is -0.0382. The minimum Gasteiger partial charge on any atom is -0.342 e. The van der Waals surface area contributed by atoms with Crippen LogP contribution < -0.4 is 0 Å². The largest absolute Gasteiger partial charge is 0.342 e. The number of amides is 1. The molecule has 0 bridgehead atoms. The molecule has 1 heterocycles. The van der Waals surface area contributed by atoms with Crippen molar-refractivity contribution in [2.75, 3.05) is 13.6 Å². The molecule has 0 aliphatic heterocycles. The van der Waals surface area contributed by atoms with Gasteiger partial charge < -0.3 is 4.90 Å². The Bertz CT molecular complexity index is 316. The Kier molecular flexibility index (Phi) is 4.68. The molecule has 1 atom stereocenters. The summed E-state index contributed by atoms with van der Waals surface area (Å²) in [6.07, 6.45) is 5.40. The van der Waals surface area contributed by atoms with Gasteiger partial charge in [0.1, 0.15) is 6.33 Å². The Balaban J connectivity index is 2.54. The first-order valence-electron chi connectivity index (χ1n) is 4.76. The topological polar surface area (TPSA) is 46.1 Å². The third kappa shape index (κ3) is 3.95. The molecule has 0 spiro atoms. The van der Waals surface area contributed by atoms with Gasteiger partial charge in [-0.25, -0.2) is 9.97 Å². The lowest BCUT2D eigenvalue weighted by Gasteiger charge is -2.17. The number of halogens is 1. The summed E-state index contributed by atoms with van der Waals surface area (Å²) < 4.78 is 0. The molecule has 0 aromatic carbocycles. The maximum atomic E-state index is 11.8. The van der Waals surface area contributed by atoms with Crippen LogP contribution in [0.3, 0.4) is 0 Å². The lowest BCUT2D eigenvalue weighted by Crippen LogP contribution is -2.28. The van der Waals surface area contributed by atoms with Crippen molar-refractivity contribution in [2.24, 2.45) is 0 Å². The first-order chi connectivity index (χ1) is 7.11. The predicted octanol–water partition coefficient (Wildman–Crippen LogP) is 1.72. The van der Waals surface area contributed by atoms with Crippen molar-refractivity contribution in [1.29, 1.82) is 0 Å². The van der Waals surface area contributed by atoms with Gasteiger partial charge in [-0.15, -0.1) is 0 Å². The van der Waals surface area contributed by atoms with Crippen molar-refractivity contribution < 1.29 is 4.79 Å². The third-order valence-corrected chi connectivity index (χ3v) is 2.47. The molecule has 15 heavy (non-hydrogen) atoms. The highest BCUT2D eigenvalue weighted by Crippen LogP contribution is 2.06. The average Bonchev–Trinajstić information content (AvgIpc) is 2.26. The monoisotopic (exact) mass is 271 g/mol. The summed E-state index contributed by atoms with van der Waals surface area (Å²) in [4.78, 5) is 21.5. The van der Waals surface area contributed by atoms with Gasteiger partial charge in [-0.1, -0.05) is 22.9 Å². The zero-order valence-corrected chi connectivity index (χ0v) is 10.4. The molecule has 1 amide bonds. The van der Waals surface area contributed by atoms with Gasteiger partial charge >= 0.3 is 0 Å². The van der Waals surface area contributed by atoms with E-state index in [9.17, 15) is 4.79 Å². The van der Waals surface area contributed by atoms with Crippen molar-refractivity contribution in [3.05, 3.63) is 24.3 Å². The van der Waals surface area contributed by atoms with Crippen LogP contribution in [0.25, 0.3) is 0 Å². The summed E-state index contributed by atoms with van der Waals surface area (Å²) in [6, 6.07) is 0. The highest BCUT2D eigenvalue weighted by atomic mass is 79.9. The van der Waals surface area contributed by atoms with Crippen molar-refractivity contribution in [2.45, 2.75) is 18.2 Å². The number of carbonyl (C=O) groups excluding carboxylic acids is 1. The second kappa shape index (κ2) is 5.80. The zero-order chi connectivity index (χ0) is 11.3. The number of alkyl halides is 1. The molecule has 82 valence electrons. The maximum absolute atomic E-state index is 11.8. The molecule has 4 nitrogen and oxygen atoms in total. The van der Waals surface area contributed by atoms with Gasteiger partial charge in [0.2, 0.25) is 0 Å². The molecule has 0 N–H and O–H groups in total. The zero-order valence-electron chi connectivity index (χ0n) is 8.85. The Morgan fingerprint density at radius 2 is 2.13 bits per heavy atom. The second-order valence-electron chi connectivity index (χ2n) is 3.42. The van der Waals surface area contributed by atoms with Crippen LogP contribution in [0.4, 0.5) is 0 Å². The van der Waals surface area contributed by atoms with E-state index in [2.05, 4.69) is 32.8 Å². The van der Waals surface area contributed by atoms with E-state index in [1.807, 2.05) is 0 Å². The molecule has 5 heteroatoms. The molecule has 0 aliphatic rings. The van der Waals surface area contributed by atoms with E-state index >= 15 is 0 Å². The lowest BCUT2D eigenvalue weighted by atomic mass is 10.2. The van der Waals surface area contributed by atoms with Crippen LogP contribution >= 0.6 is 15.9 Å². The van der Waals surface area contributed by atoms with Crippen molar-refractivity contribution in [3.8, 4) is 0 Å². The summed E-state index contributed by atoms with van der Waals surface area (Å²) in [5.74, 6) is -0.0382. The van der Waals surface area contributed by atoms with Crippen LogP contribution in [0.15, 0.2) is 18.7 Å². The third-order valence-electron chi connectivity index (χ3n) is 2.02. The van der Waals surface area contributed by atoms with Crippen molar-refractivity contribution in [3.63, 3.8) is 0 Å². The van der Waals surface area contributed by atoms with Gasteiger partial charge in [0, 0.05) is 30.8 Å². The van der Waals surface area contributed by atoms with E-state index in [1.54, 1.807) is 11.9 Å². The molecule has 0 radical (unpaired) electrons. The molecular weight excluding hydrogens is 258 g/mol. The smallest absolute Gasteiger partial charge is 0.256 e. The fraction of sp³-hybridized carbons (Fsp3) is 0.500. The Morgan fingerprint density at radius 3 is 2.67 bits per heavy atom. The Labute approximate surface area is 97.8 Å². The molecule has 0 saturated carbocycles. The van der Waals surface area contributed by atoms with Crippen LogP contribution in [0.1, 0.15) is 23.7 Å². The highest BCUT2D eigenvalue weighted by molar-refractivity contribution is 9.09.